The zero-order chi connectivity index (χ0) is 18.0. The molecule has 0 atom stereocenters. The van der Waals surface area contributed by atoms with Crippen molar-refractivity contribution in [1.29, 1.82) is 0 Å². The van der Waals surface area contributed by atoms with Crippen LogP contribution >= 0.6 is 23.2 Å². The number of rotatable bonds is 5. The van der Waals surface area contributed by atoms with Crippen molar-refractivity contribution in [1.82, 2.24) is 19.6 Å². The minimum Gasteiger partial charge on any atom is -0.318 e. The standard InChI is InChI=1S/C15H11Cl2F2N5O/c16-11-2-1-3-12(17)10(11)8-23-7-9(6-20-23)21-14(25)13-4-5-24(22-13)15(18)19/h1-7,15H,8H2,(H,21,25). The van der Waals surface area contributed by atoms with E-state index in [1.165, 1.54) is 12.3 Å². The molecule has 6 nitrogen and oxygen atoms in total. The van der Waals surface area contributed by atoms with E-state index in [0.717, 1.165) is 6.20 Å². The van der Waals surface area contributed by atoms with Gasteiger partial charge in [-0.2, -0.15) is 19.0 Å². The number of hydrogen-bond donors (Lipinski definition) is 1. The molecule has 0 aliphatic carbocycles. The molecule has 3 aromatic rings. The molecular formula is C15H11Cl2F2N5O. The van der Waals surface area contributed by atoms with Gasteiger partial charge in [0.05, 0.1) is 18.4 Å². The highest BCUT2D eigenvalue weighted by Crippen LogP contribution is 2.25. The summed E-state index contributed by atoms with van der Waals surface area (Å²) in [5.74, 6) is -0.616. The molecule has 2 heterocycles. The van der Waals surface area contributed by atoms with Gasteiger partial charge in [-0.1, -0.05) is 29.3 Å². The highest BCUT2D eigenvalue weighted by atomic mass is 35.5. The van der Waals surface area contributed by atoms with Gasteiger partial charge in [0.1, 0.15) is 0 Å². The van der Waals surface area contributed by atoms with E-state index in [9.17, 15) is 13.6 Å². The van der Waals surface area contributed by atoms with Crippen molar-refractivity contribution in [3.8, 4) is 0 Å². The Morgan fingerprint density at radius 1 is 1.24 bits per heavy atom. The summed E-state index contributed by atoms with van der Waals surface area (Å²) in [4.78, 5) is 12.0. The average Bonchev–Trinajstić information content (AvgIpc) is 3.20. The van der Waals surface area contributed by atoms with Crippen LogP contribution in [0.4, 0.5) is 14.5 Å². The lowest BCUT2D eigenvalue weighted by Crippen LogP contribution is -2.13. The van der Waals surface area contributed by atoms with Crippen LogP contribution in [-0.2, 0) is 6.54 Å². The molecule has 1 aromatic carbocycles. The van der Waals surface area contributed by atoms with Crippen molar-refractivity contribution in [2.24, 2.45) is 0 Å². The van der Waals surface area contributed by atoms with Gasteiger partial charge in [0.25, 0.3) is 5.91 Å². The zero-order valence-electron chi connectivity index (χ0n) is 12.5. The molecule has 1 N–H and O–H groups in total. The molecule has 3 rings (SSSR count). The monoisotopic (exact) mass is 385 g/mol. The third-order valence-corrected chi connectivity index (χ3v) is 4.02. The molecule has 130 valence electrons. The van der Waals surface area contributed by atoms with E-state index in [4.69, 9.17) is 23.2 Å². The molecule has 0 unspecified atom stereocenters. The molecule has 0 radical (unpaired) electrons. The molecule has 25 heavy (non-hydrogen) atoms. The number of nitrogens with zero attached hydrogens (tertiary/aromatic N) is 4. The van der Waals surface area contributed by atoms with Crippen molar-refractivity contribution < 1.29 is 13.6 Å². The third-order valence-electron chi connectivity index (χ3n) is 3.31. The van der Waals surface area contributed by atoms with E-state index in [0.29, 0.717) is 32.5 Å². The van der Waals surface area contributed by atoms with Gasteiger partial charge in [-0.3, -0.25) is 9.48 Å². The number of hydrogen-bond acceptors (Lipinski definition) is 3. The average molecular weight is 386 g/mol. The fourth-order valence-electron chi connectivity index (χ4n) is 2.12. The van der Waals surface area contributed by atoms with Crippen LogP contribution in [-0.4, -0.2) is 25.5 Å². The predicted octanol–water partition coefficient (Wildman–Crippen LogP) is 4.08. The summed E-state index contributed by atoms with van der Waals surface area (Å²) in [5, 5.41) is 11.2. The number of anilines is 1. The zero-order valence-corrected chi connectivity index (χ0v) is 14.0. The summed E-state index contributed by atoms with van der Waals surface area (Å²) in [7, 11) is 0. The van der Waals surface area contributed by atoms with Crippen LogP contribution in [0.2, 0.25) is 10.0 Å². The minimum atomic E-state index is -2.80. The number of nitrogens with one attached hydrogen (secondary N) is 1. The van der Waals surface area contributed by atoms with Crippen LogP contribution < -0.4 is 5.32 Å². The molecule has 0 saturated heterocycles. The van der Waals surface area contributed by atoms with E-state index in [-0.39, 0.29) is 5.69 Å². The first-order valence-corrected chi connectivity index (χ1v) is 7.79. The van der Waals surface area contributed by atoms with Crippen LogP contribution in [0.25, 0.3) is 0 Å². The Balaban J connectivity index is 1.70. The van der Waals surface area contributed by atoms with Crippen LogP contribution in [0, 0.1) is 0 Å². The smallest absolute Gasteiger partial charge is 0.318 e. The third kappa shape index (κ3) is 3.97. The maximum Gasteiger partial charge on any atom is 0.333 e. The van der Waals surface area contributed by atoms with E-state index < -0.39 is 12.5 Å². The number of halogens is 4. The quantitative estimate of drug-likeness (QED) is 0.719. The fraction of sp³-hybridized carbons (Fsp3) is 0.133. The second-order valence-electron chi connectivity index (χ2n) is 5.04. The largest absolute Gasteiger partial charge is 0.333 e. The maximum absolute atomic E-state index is 12.5. The number of aromatic nitrogens is 4. The van der Waals surface area contributed by atoms with E-state index in [2.05, 4.69) is 15.5 Å². The lowest BCUT2D eigenvalue weighted by Gasteiger charge is -2.06. The maximum atomic E-state index is 12.5. The first-order chi connectivity index (χ1) is 11.9. The number of alkyl halides is 2. The number of amides is 1. The summed E-state index contributed by atoms with van der Waals surface area (Å²) in [6.45, 7) is -2.49. The van der Waals surface area contributed by atoms with E-state index in [1.54, 1.807) is 29.1 Å². The first kappa shape index (κ1) is 17.4. The Labute approximate surface area is 151 Å². The Bertz CT molecular complexity index is 889. The predicted molar refractivity (Wildman–Crippen MR) is 89.2 cm³/mol. The minimum absolute atomic E-state index is 0.123. The molecule has 0 fully saturated rings. The summed E-state index contributed by atoms with van der Waals surface area (Å²) < 4.78 is 26.9. The van der Waals surface area contributed by atoms with Gasteiger partial charge in [0.15, 0.2) is 5.69 Å². The Morgan fingerprint density at radius 2 is 1.96 bits per heavy atom. The summed E-state index contributed by atoms with van der Waals surface area (Å²) in [5.41, 5.74) is 0.962. The van der Waals surface area contributed by atoms with Crippen LogP contribution in [0.1, 0.15) is 22.6 Å². The second-order valence-corrected chi connectivity index (χ2v) is 5.85. The van der Waals surface area contributed by atoms with Crippen molar-refractivity contribution >= 4 is 34.8 Å². The number of benzene rings is 1. The lowest BCUT2D eigenvalue weighted by atomic mass is 10.2. The van der Waals surface area contributed by atoms with Crippen molar-refractivity contribution in [3.63, 3.8) is 0 Å². The summed E-state index contributed by atoms with van der Waals surface area (Å²) in [6, 6.07) is 6.37. The highest BCUT2D eigenvalue weighted by Gasteiger charge is 2.14. The second kappa shape index (κ2) is 7.20. The van der Waals surface area contributed by atoms with Gasteiger partial charge in [0, 0.05) is 28.0 Å². The van der Waals surface area contributed by atoms with Crippen molar-refractivity contribution in [2.45, 2.75) is 13.1 Å². The Kier molecular flexibility index (Phi) is 5.00. The van der Waals surface area contributed by atoms with Crippen molar-refractivity contribution in [3.05, 3.63) is 64.2 Å². The van der Waals surface area contributed by atoms with Gasteiger partial charge in [-0.25, -0.2) is 4.68 Å². The topological polar surface area (TPSA) is 64.7 Å². The number of carbonyl (C=O) groups excluding carboxylic acids is 1. The van der Waals surface area contributed by atoms with Crippen LogP contribution in [0.3, 0.4) is 0 Å². The molecule has 10 heteroatoms. The van der Waals surface area contributed by atoms with Gasteiger partial charge in [-0.15, -0.1) is 0 Å². The molecule has 2 aromatic heterocycles. The van der Waals surface area contributed by atoms with Crippen LogP contribution in [0.15, 0.2) is 42.9 Å². The molecule has 0 spiro atoms. The Hall–Kier alpha value is -2.45. The Morgan fingerprint density at radius 3 is 2.60 bits per heavy atom. The molecule has 0 aliphatic heterocycles. The highest BCUT2D eigenvalue weighted by molar-refractivity contribution is 6.35. The van der Waals surface area contributed by atoms with Gasteiger partial charge < -0.3 is 5.32 Å². The number of carbonyl (C=O) groups is 1. The van der Waals surface area contributed by atoms with E-state index in [1.807, 2.05) is 0 Å². The molecule has 0 bridgehead atoms. The van der Waals surface area contributed by atoms with E-state index >= 15 is 0 Å². The summed E-state index contributed by atoms with van der Waals surface area (Å²) >= 11 is 12.2. The van der Waals surface area contributed by atoms with Gasteiger partial charge in [-0.05, 0) is 18.2 Å². The lowest BCUT2D eigenvalue weighted by molar-refractivity contribution is 0.0561. The SMILES string of the molecule is O=C(Nc1cnn(Cc2c(Cl)cccc2Cl)c1)c1ccn(C(F)F)n1. The molecular weight excluding hydrogens is 375 g/mol. The van der Waals surface area contributed by atoms with Gasteiger partial charge in [0.2, 0.25) is 0 Å². The molecule has 1 amide bonds. The van der Waals surface area contributed by atoms with Crippen LogP contribution in [0.5, 0.6) is 0 Å². The fourth-order valence-corrected chi connectivity index (χ4v) is 2.64. The molecule has 0 aliphatic rings. The normalized spacial score (nSPS) is 11.1. The summed E-state index contributed by atoms with van der Waals surface area (Å²) in [6.07, 6.45) is 4.02. The van der Waals surface area contributed by atoms with Gasteiger partial charge >= 0.3 is 6.55 Å². The van der Waals surface area contributed by atoms with Crippen molar-refractivity contribution in [2.75, 3.05) is 5.32 Å². The first-order valence-electron chi connectivity index (χ1n) is 7.04. The molecule has 0 saturated carbocycles.